The average molecular weight is 472 g/mol. The summed E-state index contributed by atoms with van der Waals surface area (Å²) >= 11 is 6.54. The van der Waals surface area contributed by atoms with E-state index in [0.717, 1.165) is 35.7 Å². The lowest BCUT2D eigenvalue weighted by Gasteiger charge is -2.37. The van der Waals surface area contributed by atoms with Gasteiger partial charge in [0, 0.05) is 37.8 Å². The van der Waals surface area contributed by atoms with Gasteiger partial charge in [0.05, 0.1) is 10.7 Å². The molecular formula is C26H34ClN3O3. The Morgan fingerprint density at radius 3 is 2.33 bits per heavy atom. The minimum Gasteiger partial charge on any atom is -0.483 e. The van der Waals surface area contributed by atoms with E-state index >= 15 is 0 Å². The van der Waals surface area contributed by atoms with Gasteiger partial charge in [-0.3, -0.25) is 9.59 Å². The first kappa shape index (κ1) is 24.9. The van der Waals surface area contributed by atoms with Crippen LogP contribution in [0.15, 0.2) is 36.4 Å². The molecule has 2 amide bonds. The van der Waals surface area contributed by atoms with Crippen LogP contribution in [0.2, 0.25) is 5.02 Å². The van der Waals surface area contributed by atoms with Gasteiger partial charge >= 0.3 is 0 Å². The van der Waals surface area contributed by atoms with Crippen molar-refractivity contribution in [3.05, 3.63) is 52.5 Å². The van der Waals surface area contributed by atoms with E-state index in [9.17, 15) is 9.59 Å². The number of rotatable bonds is 7. The maximum absolute atomic E-state index is 12.5. The highest BCUT2D eigenvalue weighted by Gasteiger charge is 2.24. The van der Waals surface area contributed by atoms with Gasteiger partial charge < -0.3 is 19.9 Å². The fraction of sp³-hybridized carbons (Fsp3) is 0.462. The van der Waals surface area contributed by atoms with Gasteiger partial charge in [-0.25, -0.2) is 0 Å². The molecule has 6 nitrogen and oxygen atoms in total. The first-order chi connectivity index (χ1) is 15.7. The second kappa shape index (κ2) is 10.9. The molecule has 33 heavy (non-hydrogen) atoms. The summed E-state index contributed by atoms with van der Waals surface area (Å²) in [6.45, 7) is 12.8. The van der Waals surface area contributed by atoms with E-state index in [4.69, 9.17) is 16.3 Å². The van der Waals surface area contributed by atoms with Gasteiger partial charge in [-0.1, -0.05) is 51.4 Å². The number of nitrogens with one attached hydrogen (secondary N) is 1. The van der Waals surface area contributed by atoms with E-state index in [1.54, 1.807) is 6.07 Å². The molecule has 0 bridgehead atoms. The molecular weight excluding hydrogens is 438 g/mol. The summed E-state index contributed by atoms with van der Waals surface area (Å²) in [7, 11) is 0. The number of anilines is 2. The Morgan fingerprint density at radius 2 is 1.73 bits per heavy atom. The van der Waals surface area contributed by atoms with Crippen molar-refractivity contribution in [1.29, 1.82) is 0 Å². The lowest BCUT2D eigenvalue weighted by Crippen LogP contribution is -2.50. The molecule has 1 N–H and O–H groups in total. The smallest absolute Gasteiger partial charge is 0.262 e. The number of piperazine rings is 1. The van der Waals surface area contributed by atoms with Gasteiger partial charge in [-0.05, 0) is 48.2 Å². The summed E-state index contributed by atoms with van der Waals surface area (Å²) in [5.74, 6) is 1.00. The van der Waals surface area contributed by atoms with Crippen molar-refractivity contribution in [2.24, 2.45) is 5.92 Å². The highest BCUT2D eigenvalue weighted by Crippen LogP contribution is 2.30. The maximum atomic E-state index is 12.5. The molecule has 1 fully saturated rings. The lowest BCUT2D eigenvalue weighted by atomic mass is 10.0. The molecule has 0 spiro atoms. The Balaban J connectivity index is 1.57. The number of carbonyl (C=O) groups excluding carboxylic acids is 2. The van der Waals surface area contributed by atoms with Crippen LogP contribution in [0.3, 0.4) is 0 Å². The molecule has 1 saturated heterocycles. The normalized spacial score (nSPS) is 14.1. The molecule has 178 valence electrons. The highest BCUT2D eigenvalue weighted by atomic mass is 35.5. The fourth-order valence-electron chi connectivity index (χ4n) is 3.96. The molecule has 1 aliphatic rings. The Hall–Kier alpha value is -2.73. The largest absolute Gasteiger partial charge is 0.483 e. The predicted octanol–water partition coefficient (Wildman–Crippen LogP) is 5.09. The maximum Gasteiger partial charge on any atom is 0.262 e. The Kier molecular flexibility index (Phi) is 8.25. The van der Waals surface area contributed by atoms with Gasteiger partial charge in [0.25, 0.3) is 5.91 Å². The van der Waals surface area contributed by atoms with Crippen LogP contribution >= 0.6 is 11.6 Å². The molecule has 7 heteroatoms. The third-order valence-corrected chi connectivity index (χ3v) is 6.11. The number of carbonyl (C=O) groups is 2. The summed E-state index contributed by atoms with van der Waals surface area (Å²) < 4.78 is 5.82. The second-order valence-electron chi connectivity index (χ2n) is 9.17. The standard InChI is InChI=1S/C26H34ClN3O3/c1-17(2)21-8-6-19(5)14-24(21)33-16-25(31)28-20-7-9-23(22(27)15-20)29-10-12-30(13-11-29)26(32)18(3)4/h6-9,14-15,17-18H,10-13,16H2,1-5H3,(H,28,31). The Labute approximate surface area is 201 Å². The first-order valence-corrected chi connectivity index (χ1v) is 11.9. The van der Waals surface area contributed by atoms with Gasteiger partial charge in [-0.2, -0.15) is 0 Å². The lowest BCUT2D eigenvalue weighted by molar-refractivity contribution is -0.134. The molecule has 3 rings (SSSR count). The van der Waals surface area contributed by atoms with Crippen LogP contribution in [0.5, 0.6) is 5.75 Å². The molecule has 1 aliphatic heterocycles. The van der Waals surface area contributed by atoms with Gasteiger partial charge in [-0.15, -0.1) is 0 Å². The molecule has 0 aromatic heterocycles. The summed E-state index contributed by atoms with van der Waals surface area (Å²) in [6.07, 6.45) is 0. The molecule has 0 saturated carbocycles. The third kappa shape index (κ3) is 6.41. The topological polar surface area (TPSA) is 61.9 Å². The summed E-state index contributed by atoms with van der Waals surface area (Å²) in [5.41, 5.74) is 3.70. The molecule has 0 aliphatic carbocycles. The highest BCUT2D eigenvalue weighted by molar-refractivity contribution is 6.33. The van der Waals surface area contributed by atoms with Crippen LogP contribution in [0.4, 0.5) is 11.4 Å². The third-order valence-electron chi connectivity index (χ3n) is 5.81. The molecule has 2 aromatic carbocycles. The molecule has 0 atom stereocenters. The Bertz CT molecular complexity index is 998. The Morgan fingerprint density at radius 1 is 1.03 bits per heavy atom. The minimum atomic E-state index is -0.240. The number of ether oxygens (including phenoxy) is 1. The van der Waals surface area contributed by atoms with E-state index in [-0.39, 0.29) is 24.3 Å². The second-order valence-corrected chi connectivity index (χ2v) is 9.57. The van der Waals surface area contributed by atoms with Crippen molar-refractivity contribution in [2.45, 2.75) is 40.5 Å². The number of benzene rings is 2. The zero-order valence-electron chi connectivity index (χ0n) is 20.2. The summed E-state index contributed by atoms with van der Waals surface area (Å²) in [4.78, 5) is 28.8. The number of hydrogen-bond donors (Lipinski definition) is 1. The summed E-state index contributed by atoms with van der Waals surface area (Å²) in [5, 5.41) is 3.43. The first-order valence-electron chi connectivity index (χ1n) is 11.5. The molecule has 0 unspecified atom stereocenters. The zero-order chi connectivity index (χ0) is 24.1. The minimum absolute atomic E-state index is 0.00916. The molecule has 0 radical (unpaired) electrons. The zero-order valence-corrected chi connectivity index (χ0v) is 20.9. The van der Waals surface area contributed by atoms with Crippen LogP contribution in [0.1, 0.15) is 44.7 Å². The van der Waals surface area contributed by atoms with E-state index in [2.05, 4.69) is 24.1 Å². The van der Waals surface area contributed by atoms with Crippen molar-refractivity contribution in [2.75, 3.05) is 43.0 Å². The van der Waals surface area contributed by atoms with E-state index in [1.165, 1.54) is 0 Å². The number of aryl methyl sites for hydroxylation is 1. The van der Waals surface area contributed by atoms with Crippen LogP contribution in [-0.2, 0) is 9.59 Å². The van der Waals surface area contributed by atoms with Crippen LogP contribution in [-0.4, -0.2) is 49.5 Å². The monoisotopic (exact) mass is 471 g/mol. The van der Waals surface area contributed by atoms with E-state index in [0.29, 0.717) is 29.7 Å². The van der Waals surface area contributed by atoms with Gasteiger partial charge in [0.2, 0.25) is 5.91 Å². The van der Waals surface area contributed by atoms with Gasteiger partial charge in [0.15, 0.2) is 6.61 Å². The van der Waals surface area contributed by atoms with E-state index < -0.39 is 0 Å². The molecule has 2 aromatic rings. The van der Waals surface area contributed by atoms with Crippen molar-refractivity contribution >= 4 is 34.8 Å². The van der Waals surface area contributed by atoms with Crippen molar-refractivity contribution < 1.29 is 14.3 Å². The SMILES string of the molecule is Cc1ccc(C(C)C)c(OCC(=O)Nc2ccc(N3CCN(C(=O)C(C)C)CC3)c(Cl)c2)c1. The van der Waals surface area contributed by atoms with Crippen LogP contribution in [0, 0.1) is 12.8 Å². The molecule has 1 heterocycles. The average Bonchev–Trinajstić information content (AvgIpc) is 2.77. The quantitative estimate of drug-likeness (QED) is 0.610. The van der Waals surface area contributed by atoms with Gasteiger partial charge in [0.1, 0.15) is 5.75 Å². The number of amides is 2. The predicted molar refractivity (Wildman–Crippen MR) is 134 cm³/mol. The number of halogens is 1. The van der Waals surface area contributed by atoms with Crippen molar-refractivity contribution in [3.63, 3.8) is 0 Å². The fourth-order valence-corrected chi connectivity index (χ4v) is 4.26. The number of nitrogens with zero attached hydrogens (tertiary/aromatic N) is 2. The van der Waals surface area contributed by atoms with Crippen LogP contribution in [0.25, 0.3) is 0 Å². The van der Waals surface area contributed by atoms with Crippen LogP contribution < -0.4 is 15.0 Å². The van der Waals surface area contributed by atoms with E-state index in [1.807, 2.05) is 56.0 Å². The summed E-state index contributed by atoms with van der Waals surface area (Å²) in [6, 6.07) is 11.6. The van der Waals surface area contributed by atoms with Crippen molar-refractivity contribution in [3.8, 4) is 5.75 Å². The number of hydrogen-bond acceptors (Lipinski definition) is 4. The van der Waals surface area contributed by atoms with Crippen molar-refractivity contribution in [1.82, 2.24) is 4.90 Å².